The van der Waals surface area contributed by atoms with E-state index in [0.29, 0.717) is 27.7 Å². The smallest absolute Gasteiger partial charge is 0.232 e. The van der Waals surface area contributed by atoms with Gasteiger partial charge >= 0.3 is 0 Å². The highest BCUT2D eigenvalue weighted by molar-refractivity contribution is 7.17. The molecule has 2 rings (SSSR count). The predicted octanol–water partition coefficient (Wildman–Crippen LogP) is 3.61. The number of nitrogens with zero attached hydrogens (tertiary/aromatic N) is 3. The van der Waals surface area contributed by atoms with Crippen LogP contribution < -0.4 is 5.73 Å². The van der Waals surface area contributed by atoms with Gasteiger partial charge in [0.25, 0.3) is 0 Å². The highest BCUT2D eigenvalue weighted by atomic mass is 35.5. The topological polar surface area (TPSA) is 80.7 Å². The van der Waals surface area contributed by atoms with Crippen LogP contribution in [0.4, 0.5) is 16.5 Å². The van der Waals surface area contributed by atoms with Crippen LogP contribution >= 0.6 is 22.9 Å². The lowest BCUT2D eigenvalue weighted by Gasteiger charge is -1.95. The molecular weight excluding hydrogens is 260 g/mol. The number of halogens is 1. The van der Waals surface area contributed by atoms with Crippen LogP contribution in [0.25, 0.3) is 0 Å². The molecule has 0 amide bonds. The zero-order valence-electron chi connectivity index (χ0n) is 8.50. The van der Waals surface area contributed by atoms with Gasteiger partial charge < -0.3 is 5.73 Å². The molecule has 7 heteroatoms. The number of carbonyl (C=O) groups is 1. The number of carbonyl (C=O) groups excluding carboxylic acids is 1. The van der Waals surface area contributed by atoms with E-state index in [1.807, 2.05) is 0 Å². The molecule has 0 unspecified atom stereocenters. The second kappa shape index (κ2) is 5.03. The second-order valence-electron chi connectivity index (χ2n) is 3.03. The summed E-state index contributed by atoms with van der Waals surface area (Å²) in [5.41, 5.74) is 6.76. The Morgan fingerprint density at radius 2 is 2.12 bits per heavy atom. The molecule has 2 aromatic rings. The Labute approximate surface area is 106 Å². The number of aromatic nitrogens is 1. The highest BCUT2D eigenvalue weighted by Crippen LogP contribution is 2.29. The van der Waals surface area contributed by atoms with Crippen LogP contribution in [-0.4, -0.2) is 11.3 Å². The Morgan fingerprint density at radius 1 is 1.35 bits per heavy atom. The standard InChI is InChI=1S/C10H7ClN4OS/c11-9-8(5-16)17-10(13-9)15-14-7-4-2-1-3-6(7)12/h1-5H,12H2/b15-14+. The summed E-state index contributed by atoms with van der Waals surface area (Å²) in [4.78, 5) is 14.8. The van der Waals surface area contributed by atoms with Gasteiger partial charge in [0.2, 0.25) is 5.13 Å². The molecule has 2 N–H and O–H groups in total. The van der Waals surface area contributed by atoms with Crippen LogP contribution in [0.5, 0.6) is 0 Å². The summed E-state index contributed by atoms with van der Waals surface area (Å²) < 4.78 is 0. The number of aldehydes is 1. The fraction of sp³-hybridized carbons (Fsp3) is 0. The first kappa shape index (κ1) is 11.7. The first-order valence-corrected chi connectivity index (χ1v) is 5.78. The lowest BCUT2D eigenvalue weighted by Crippen LogP contribution is -1.82. The van der Waals surface area contributed by atoms with Crippen LogP contribution in [0.3, 0.4) is 0 Å². The van der Waals surface area contributed by atoms with Gasteiger partial charge in [0.15, 0.2) is 11.4 Å². The van der Waals surface area contributed by atoms with Gasteiger partial charge in [0, 0.05) is 0 Å². The molecule has 0 bridgehead atoms. The summed E-state index contributed by atoms with van der Waals surface area (Å²) in [7, 11) is 0. The van der Waals surface area contributed by atoms with Crippen LogP contribution in [0.15, 0.2) is 34.5 Å². The molecule has 1 aromatic heterocycles. The molecule has 0 fully saturated rings. The van der Waals surface area contributed by atoms with Crippen molar-refractivity contribution < 1.29 is 4.79 Å². The number of hydrogen-bond acceptors (Lipinski definition) is 6. The molecule has 17 heavy (non-hydrogen) atoms. The number of hydrogen-bond donors (Lipinski definition) is 1. The maximum Gasteiger partial charge on any atom is 0.232 e. The van der Waals surface area contributed by atoms with E-state index in [1.165, 1.54) is 0 Å². The lowest BCUT2D eigenvalue weighted by molar-refractivity contribution is 0.112. The SMILES string of the molecule is Nc1ccccc1/N=N/c1nc(Cl)c(C=O)s1. The van der Waals surface area contributed by atoms with E-state index >= 15 is 0 Å². The first-order chi connectivity index (χ1) is 8.20. The predicted molar refractivity (Wildman–Crippen MR) is 67.5 cm³/mol. The van der Waals surface area contributed by atoms with Gasteiger partial charge in [-0.05, 0) is 12.1 Å². The molecule has 0 aliphatic carbocycles. The second-order valence-corrected chi connectivity index (χ2v) is 4.40. The largest absolute Gasteiger partial charge is 0.397 e. The average molecular weight is 267 g/mol. The number of nitrogen functional groups attached to an aromatic ring is 1. The monoisotopic (exact) mass is 266 g/mol. The summed E-state index contributed by atoms with van der Waals surface area (Å²) in [5, 5.41) is 8.27. The molecule has 86 valence electrons. The summed E-state index contributed by atoms with van der Waals surface area (Å²) >= 11 is 6.77. The number of anilines is 1. The minimum absolute atomic E-state index is 0.139. The molecule has 0 spiro atoms. The van der Waals surface area contributed by atoms with Crippen molar-refractivity contribution in [2.24, 2.45) is 10.2 Å². The van der Waals surface area contributed by atoms with Crippen molar-refractivity contribution >= 4 is 45.7 Å². The fourth-order valence-corrected chi connectivity index (χ4v) is 1.98. The van der Waals surface area contributed by atoms with Crippen LogP contribution in [0.1, 0.15) is 9.67 Å². The van der Waals surface area contributed by atoms with E-state index in [-0.39, 0.29) is 5.15 Å². The van der Waals surface area contributed by atoms with Crippen LogP contribution in [-0.2, 0) is 0 Å². The first-order valence-electron chi connectivity index (χ1n) is 4.58. The summed E-state index contributed by atoms with van der Waals surface area (Å²) in [6.45, 7) is 0. The van der Waals surface area contributed by atoms with E-state index in [1.54, 1.807) is 24.3 Å². The average Bonchev–Trinajstić information content (AvgIpc) is 2.69. The Balaban J connectivity index is 2.26. The summed E-state index contributed by atoms with van der Waals surface area (Å²) in [5.74, 6) is 0. The number of azo groups is 1. The number of rotatable bonds is 3. The highest BCUT2D eigenvalue weighted by Gasteiger charge is 2.07. The van der Waals surface area contributed by atoms with Crippen molar-refractivity contribution in [1.82, 2.24) is 4.98 Å². The minimum atomic E-state index is 0.139. The quantitative estimate of drug-likeness (QED) is 0.523. The molecule has 1 aromatic carbocycles. The van der Waals surface area contributed by atoms with Crippen molar-refractivity contribution in [1.29, 1.82) is 0 Å². The van der Waals surface area contributed by atoms with Crippen molar-refractivity contribution in [3.63, 3.8) is 0 Å². The Morgan fingerprint density at radius 3 is 2.76 bits per heavy atom. The zero-order chi connectivity index (χ0) is 12.3. The van der Waals surface area contributed by atoms with E-state index in [4.69, 9.17) is 17.3 Å². The van der Waals surface area contributed by atoms with E-state index in [2.05, 4.69) is 15.2 Å². The lowest BCUT2D eigenvalue weighted by atomic mass is 10.3. The van der Waals surface area contributed by atoms with Gasteiger partial charge in [0.05, 0.1) is 5.69 Å². The molecular formula is C10H7ClN4OS. The van der Waals surface area contributed by atoms with Gasteiger partial charge in [-0.2, -0.15) is 0 Å². The number of nitrogens with two attached hydrogens (primary N) is 1. The van der Waals surface area contributed by atoms with Gasteiger partial charge in [-0.1, -0.05) is 35.1 Å². The molecule has 0 atom stereocenters. The van der Waals surface area contributed by atoms with Crippen molar-refractivity contribution in [3.8, 4) is 0 Å². The third-order valence-electron chi connectivity index (χ3n) is 1.89. The van der Waals surface area contributed by atoms with E-state index in [9.17, 15) is 4.79 Å². The van der Waals surface area contributed by atoms with Crippen molar-refractivity contribution in [2.75, 3.05) is 5.73 Å². The summed E-state index contributed by atoms with van der Waals surface area (Å²) in [6, 6.07) is 7.06. The van der Waals surface area contributed by atoms with Crippen LogP contribution in [0, 0.1) is 0 Å². The Kier molecular flexibility index (Phi) is 3.46. The number of para-hydroxylation sites is 1. The maximum atomic E-state index is 10.6. The third-order valence-corrected chi connectivity index (χ3v) is 3.15. The number of thiazole rings is 1. The number of benzene rings is 1. The fourth-order valence-electron chi connectivity index (χ4n) is 1.09. The summed E-state index contributed by atoms with van der Waals surface area (Å²) in [6.07, 6.45) is 0.635. The van der Waals surface area contributed by atoms with Gasteiger partial charge in [-0.3, -0.25) is 4.79 Å². The molecule has 0 aliphatic rings. The van der Waals surface area contributed by atoms with Gasteiger partial charge in [-0.15, -0.1) is 10.2 Å². The van der Waals surface area contributed by atoms with Crippen LogP contribution in [0.2, 0.25) is 5.15 Å². The van der Waals surface area contributed by atoms with Gasteiger partial charge in [0.1, 0.15) is 10.6 Å². The zero-order valence-corrected chi connectivity index (χ0v) is 10.1. The van der Waals surface area contributed by atoms with Gasteiger partial charge in [-0.25, -0.2) is 4.98 Å². The van der Waals surface area contributed by atoms with Crippen molar-refractivity contribution in [2.45, 2.75) is 0 Å². The Bertz CT molecular complexity index is 581. The molecule has 0 radical (unpaired) electrons. The molecule has 5 nitrogen and oxygen atoms in total. The van der Waals surface area contributed by atoms with Crippen molar-refractivity contribution in [3.05, 3.63) is 34.3 Å². The molecule has 0 saturated heterocycles. The molecule has 1 heterocycles. The normalized spacial score (nSPS) is 10.9. The molecule has 0 saturated carbocycles. The minimum Gasteiger partial charge on any atom is -0.397 e. The third kappa shape index (κ3) is 2.66. The Hall–Kier alpha value is -1.79. The van der Waals surface area contributed by atoms with E-state index < -0.39 is 0 Å². The molecule has 0 aliphatic heterocycles. The maximum absolute atomic E-state index is 10.6. The van der Waals surface area contributed by atoms with E-state index in [0.717, 1.165) is 11.3 Å².